The van der Waals surface area contributed by atoms with Crippen LogP contribution >= 0.6 is 23.4 Å². The van der Waals surface area contributed by atoms with Gasteiger partial charge in [0.25, 0.3) is 0 Å². The first-order chi connectivity index (χ1) is 8.65. The molecule has 0 unspecified atom stereocenters. The van der Waals surface area contributed by atoms with Crippen LogP contribution in [-0.4, -0.2) is 24.7 Å². The highest BCUT2D eigenvalue weighted by molar-refractivity contribution is 7.99. The molecule has 0 aliphatic heterocycles. The van der Waals surface area contributed by atoms with Gasteiger partial charge >= 0.3 is 5.69 Å². The summed E-state index contributed by atoms with van der Waals surface area (Å²) < 4.78 is 1.63. The van der Waals surface area contributed by atoms with Crippen LogP contribution in [0.25, 0.3) is 0 Å². The number of aromatic amines is 1. The molecule has 94 valence electrons. The Morgan fingerprint density at radius 3 is 3.06 bits per heavy atom. The Labute approximate surface area is 111 Å². The van der Waals surface area contributed by atoms with E-state index in [9.17, 15) is 4.79 Å². The zero-order chi connectivity index (χ0) is 12.7. The van der Waals surface area contributed by atoms with Crippen LogP contribution in [0.5, 0.6) is 0 Å². The van der Waals surface area contributed by atoms with E-state index in [0.717, 1.165) is 12.8 Å². The summed E-state index contributed by atoms with van der Waals surface area (Å²) in [5.41, 5.74) is 5.95. The van der Waals surface area contributed by atoms with Crippen molar-refractivity contribution in [3.8, 4) is 0 Å². The van der Waals surface area contributed by atoms with Gasteiger partial charge in [0, 0.05) is 6.04 Å². The Morgan fingerprint density at radius 2 is 2.33 bits per heavy atom. The van der Waals surface area contributed by atoms with Crippen molar-refractivity contribution in [1.29, 1.82) is 0 Å². The van der Waals surface area contributed by atoms with Gasteiger partial charge in [0.2, 0.25) is 5.28 Å². The molecule has 7 nitrogen and oxygen atoms in total. The highest BCUT2D eigenvalue weighted by Crippen LogP contribution is 2.38. The molecule has 3 rings (SSSR count). The van der Waals surface area contributed by atoms with E-state index >= 15 is 0 Å². The minimum Gasteiger partial charge on any atom is -0.395 e. The number of aromatic nitrogens is 5. The smallest absolute Gasteiger partial charge is 0.344 e. The second kappa shape index (κ2) is 4.29. The minimum atomic E-state index is -0.210. The van der Waals surface area contributed by atoms with E-state index < -0.39 is 0 Å². The molecule has 9 heteroatoms. The van der Waals surface area contributed by atoms with Gasteiger partial charge in [0.05, 0.1) is 11.9 Å². The van der Waals surface area contributed by atoms with Gasteiger partial charge in [-0.15, -0.1) is 5.10 Å². The molecule has 0 spiro atoms. The molecule has 0 amide bonds. The van der Waals surface area contributed by atoms with Crippen LogP contribution < -0.4 is 11.4 Å². The van der Waals surface area contributed by atoms with Crippen LogP contribution in [0.1, 0.15) is 18.9 Å². The van der Waals surface area contributed by atoms with E-state index in [1.165, 1.54) is 18.0 Å². The molecule has 18 heavy (non-hydrogen) atoms. The summed E-state index contributed by atoms with van der Waals surface area (Å²) in [6.07, 6.45) is 3.42. The van der Waals surface area contributed by atoms with E-state index in [1.54, 1.807) is 4.57 Å². The molecule has 0 bridgehead atoms. The van der Waals surface area contributed by atoms with E-state index in [1.807, 2.05) is 0 Å². The van der Waals surface area contributed by atoms with Crippen molar-refractivity contribution < 1.29 is 0 Å². The van der Waals surface area contributed by atoms with Crippen molar-refractivity contribution >= 4 is 29.1 Å². The summed E-state index contributed by atoms with van der Waals surface area (Å²) in [6.45, 7) is 0. The third-order valence-corrected chi connectivity index (χ3v) is 3.70. The summed E-state index contributed by atoms with van der Waals surface area (Å²) in [6, 6.07) is 0.234. The van der Waals surface area contributed by atoms with Gasteiger partial charge in [-0.05, 0) is 36.2 Å². The fourth-order valence-electron chi connectivity index (χ4n) is 1.54. The topological polar surface area (TPSA) is 102 Å². The van der Waals surface area contributed by atoms with E-state index in [4.69, 9.17) is 17.3 Å². The normalized spacial score (nSPS) is 14.9. The maximum atomic E-state index is 11.6. The van der Waals surface area contributed by atoms with Gasteiger partial charge in [-0.3, -0.25) is 4.57 Å². The number of anilines is 1. The molecule has 0 aromatic carbocycles. The number of halogens is 1. The highest BCUT2D eigenvalue weighted by Gasteiger charge is 2.29. The number of nitrogens with one attached hydrogen (secondary N) is 1. The lowest BCUT2D eigenvalue weighted by Gasteiger charge is -2.04. The Morgan fingerprint density at radius 1 is 1.56 bits per heavy atom. The molecule has 3 N–H and O–H groups in total. The molecule has 1 saturated carbocycles. The van der Waals surface area contributed by atoms with Crippen LogP contribution in [0.2, 0.25) is 5.28 Å². The summed E-state index contributed by atoms with van der Waals surface area (Å²) in [7, 11) is 0. The van der Waals surface area contributed by atoms with Gasteiger partial charge in [0.15, 0.2) is 5.16 Å². The summed E-state index contributed by atoms with van der Waals surface area (Å²) in [4.78, 5) is 19.4. The maximum absolute atomic E-state index is 11.6. The average molecular weight is 285 g/mol. The van der Waals surface area contributed by atoms with Gasteiger partial charge < -0.3 is 5.73 Å². The molecule has 0 saturated heterocycles. The van der Waals surface area contributed by atoms with Crippen LogP contribution in [0.4, 0.5) is 5.69 Å². The number of hydrogen-bond acceptors (Lipinski definition) is 6. The molecule has 2 aromatic rings. The minimum absolute atomic E-state index is 0.113. The monoisotopic (exact) mass is 284 g/mol. The molecule has 0 radical (unpaired) electrons. The maximum Gasteiger partial charge on any atom is 0.344 e. The molecule has 1 aliphatic carbocycles. The lowest BCUT2D eigenvalue weighted by atomic mass is 10.6. The Kier molecular flexibility index (Phi) is 2.75. The number of nitrogen functional groups attached to an aromatic ring is 1. The zero-order valence-corrected chi connectivity index (χ0v) is 10.7. The molecular weight excluding hydrogens is 276 g/mol. The van der Waals surface area contributed by atoms with Crippen molar-refractivity contribution in [1.82, 2.24) is 24.7 Å². The number of H-pyrrole nitrogens is 1. The molecular formula is C9H9ClN6OS. The van der Waals surface area contributed by atoms with Gasteiger partial charge in [-0.2, -0.15) is 0 Å². The third-order valence-electron chi connectivity index (χ3n) is 2.52. The summed E-state index contributed by atoms with van der Waals surface area (Å²) >= 11 is 6.92. The van der Waals surface area contributed by atoms with E-state index in [0.29, 0.717) is 15.9 Å². The first-order valence-electron chi connectivity index (χ1n) is 5.28. The van der Waals surface area contributed by atoms with E-state index in [-0.39, 0.29) is 17.0 Å². The summed E-state index contributed by atoms with van der Waals surface area (Å²) in [5, 5.41) is 7.56. The van der Waals surface area contributed by atoms with Crippen LogP contribution in [0, 0.1) is 0 Å². The number of nitrogens with two attached hydrogens (primary N) is 1. The van der Waals surface area contributed by atoms with Crippen LogP contribution in [0.3, 0.4) is 0 Å². The van der Waals surface area contributed by atoms with Crippen molar-refractivity contribution in [2.45, 2.75) is 29.1 Å². The SMILES string of the molecule is Nc1cnc(Cl)nc1Sc1n[nH]c(=O)n1C1CC1. The molecule has 2 aromatic heterocycles. The Balaban J connectivity index is 1.97. The standard InChI is InChI=1S/C9H9ClN6OS/c10-7-12-3-5(11)6(13-7)18-9-15-14-8(17)16(9)4-1-2-4/h3-4H,1-2,11H2,(H,14,17). The predicted octanol–water partition coefficient (Wildman–Crippen LogP) is 1.08. The Bertz CT molecular complexity index is 649. The molecule has 1 aliphatic rings. The van der Waals surface area contributed by atoms with Crippen molar-refractivity contribution in [3.05, 3.63) is 22.0 Å². The largest absolute Gasteiger partial charge is 0.395 e. The molecule has 1 fully saturated rings. The van der Waals surface area contributed by atoms with Crippen molar-refractivity contribution in [2.75, 3.05) is 5.73 Å². The van der Waals surface area contributed by atoms with Gasteiger partial charge in [0.1, 0.15) is 5.03 Å². The zero-order valence-electron chi connectivity index (χ0n) is 9.13. The first-order valence-corrected chi connectivity index (χ1v) is 6.47. The number of rotatable bonds is 3. The van der Waals surface area contributed by atoms with Crippen molar-refractivity contribution in [2.24, 2.45) is 0 Å². The number of nitrogens with zero attached hydrogens (tertiary/aromatic N) is 4. The second-order valence-corrected chi connectivity index (χ2v) is 5.21. The molecule has 0 atom stereocenters. The lowest BCUT2D eigenvalue weighted by Crippen LogP contribution is -2.16. The number of hydrogen-bond donors (Lipinski definition) is 2. The first kappa shape index (κ1) is 11.5. The average Bonchev–Trinajstić information content (AvgIpc) is 3.10. The highest BCUT2D eigenvalue weighted by atomic mass is 35.5. The van der Waals surface area contributed by atoms with E-state index in [2.05, 4.69) is 20.2 Å². The predicted molar refractivity (Wildman–Crippen MR) is 66.7 cm³/mol. The van der Waals surface area contributed by atoms with Crippen LogP contribution in [0.15, 0.2) is 21.2 Å². The van der Waals surface area contributed by atoms with Crippen molar-refractivity contribution in [3.63, 3.8) is 0 Å². The molecule has 2 heterocycles. The lowest BCUT2D eigenvalue weighted by molar-refractivity contribution is 0.642. The quantitative estimate of drug-likeness (QED) is 0.646. The van der Waals surface area contributed by atoms with Gasteiger partial charge in [-0.1, -0.05) is 0 Å². The fourth-order valence-corrected chi connectivity index (χ4v) is 2.62. The van der Waals surface area contributed by atoms with Gasteiger partial charge in [-0.25, -0.2) is 19.9 Å². The fraction of sp³-hybridized carbons (Fsp3) is 0.333. The second-order valence-electron chi connectivity index (χ2n) is 3.91. The van der Waals surface area contributed by atoms with Crippen LogP contribution in [-0.2, 0) is 0 Å². The third kappa shape index (κ3) is 2.08. The summed E-state index contributed by atoms with van der Waals surface area (Å²) in [5.74, 6) is 0. The Hall–Kier alpha value is -1.54.